The molecule has 122 valence electrons. The maximum Gasteiger partial charge on any atom is 0.416 e. The Morgan fingerprint density at radius 2 is 1.77 bits per heavy atom. The molecule has 2 rings (SSSR count). The molecule has 0 unspecified atom stereocenters. The molecular weight excluding hydrogens is 295 g/mol. The number of primary amides is 1. The van der Waals surface area contributed by atoms with Crippen LogP contribution in [-0.4, -0.2) is 48.4 Å². The summed E-state index contributed by atoms with van der Waals surface area (Å²) in [4.78, 5) is 15.0. The maximum atomic E-state index is 12.7. The summed E-state index contributed by atoms with van der Waals surface area (Å²) in [6.07, 6.45) is -3.96. The lowest BCUT2D eigenvalue weighted by molar-refractivity contribution is -0.137. The van der Waals surface area contributed by atoms with Gasteiger partial charge in [0.25, 0.3) is 0 Å². The van der Waals surface area contributed by atoms with E-state index in [1.165, 1.54) is 12.1 Å². The van der Waals surface area contributed by atoms with E-state index in [4.69, 9.17) is 5.73 Å². The van der Waals surface area contributed by atoms with Crippen LogP contribution in [0.4, 0.5) is 13.2 Å². The smallest absolute Gasteiger partial charge is 0.370 e. The molecule has 0 aliphatic carbocycles. The first-order valence-electron chi connectivity index (χ1n) is 7.24. The monoisotopic (exact) mass is 315 g/mol. The van der Waals surface area contributed by atoms with Crippen molar-refractivity contribution in [2.75, 3.05) is 32.7 Å². The first-order valence-corrected chi connectivity index (χ1v) is 7.24. The van der Waals surface area contributed by atoms with Crippen molar-refractivity contribution in [3.63, 3.8) is 0 Å². The van der Waals surface area contributed by atoms with Gasteiger partial charge in [0, 0.05) is 45.7 Å². The fourth-order valence-electron chi connectivity index (χ4n) is 2.54. The van der Waals surface area contributed by atoms with Gasteiger partial charge in [0.1, 0.15) is 0 Å². The van der Waals surface area contributed by atoms with Crippen LogP contribution in [0.15, 0.2) is 24.3 Å². The van der Waals surface area contributed by atoms with Gasteiger partial charge in [0.15, 0.2) is 0 Å². The number of hydrogen-bond acceptors (Lipinski definition) is 3. The molecule has 4 nitrogen and oxygen atoms in total. The molecule has 0 bridgehead atoms. The van der Waals surface area contributed by atoms with Crippen molar-refractivity contribution in [2.45, 2.75) is 19.1 Å². The normalized spacial score (nSPS) is 17.6. The fourth-order valence-corrected chi connectivity index (χ4v) is 2.54. The zero-order valence-corrected chi connectivity index (χ0v) is 12.3. The molecule has 1 aliphatic rings. The Kier molecular flexibility index (Phi) is 5.42. The van der Waals surface area contributed by atoms with Gasteiger partial charge in [0.05, 0.1) is 5.56 Å². The Balaban J connectivity index is 1.85. The zero-order valence-electron chi connectivity index (χ0n) is 12.3. The first-order chi connectivity index (χ1) is 10.3. The minimum absolute atomic E-state index is 0.314. The summed E-state index contributed by atoms with van der Waals surface area (Å²) < 4.78 is 38.1. The Labute approximate surface area is 127 Å². The quantitative estimate of drug-likeness (QED) is 0.900. The number of nitrogens with two attached hydrogens (primary N) is 1. The number of hydrogen-bond donors (Lipinski definition) is 1. The van der Waals surface area contributed by atoms with Gasteiger partial charge in [-0.25, -0.2) is 0 Å². The third-order valence-electron chi connectivity index (χ3n) is 3.80. The molecular formula is C15H20F3N3O. The Morgan fingerprint density at radius 1 is 1.14 bits per heavy atom. The SMILES string of the molecule is NC(=O)CCN1CCN(Cc2cccc(C(F)(F)F)c2)CC1. The van der Waals surface area contributed by atoms with E-state index in [-0.39, 0.29) is 5.91 Å². The standard InChI is InChI=1S/C15H20F3N3O/c16-15(17,18)13-3-1-2-12(10-13)11-21-8-6-20(7-9-21)5-4-14(19)22/h1-3,10H,4-9,11H2,(H2,19,22). The molecule has 0 spiro atoms. The van der Waals surface area contributed by atoms with Crippen LogP contribution in [0, 0.1) is 0 Å². The molecule has 22 heavy (non-hydrogen) atoms. The minimum atomic E-state index is -4.30. The highest BCUT2D eigenvalue weighted by Crippen LogP contribution is 2.29. The van der Waals surface area contributed by atoms with Crippen LogP contribution in [0.25, 0.3) is 0 Å². The molecule has 0 radical (unpaired) electrons. The van der Waals surface area contributed by atoms with E-state index in [9.17, 15) is 18.0 Å². The van der Waals surface area contributed by atoms with Gasteiger partial charge in [-0.2, -0.15) is 13.2 Å². The van der Waals surface area contributed by atoms with E-state index in [0.29, 0.717) is 25.1 Å². The molecule has 7 heteroatoms. The van der Waals surface area contributed by atoms with Gasteiger partial charge in [-0.05, 0) is 11.6 Å². The molecule has 1 aliphatic heterocycles. The third kappa shape index (κ3) is 4.99. The largest absolute Gasteiger partial charge is 0.416 e. The van der Waals surface area contributed by atoms with Crippen LogP contribution in [-0.2, 0) is 17.5 Å². The molecule has 1 saturated heterocycles. The van der Waals surface area contributed by atoms with Gasteiger partial charge in [-0.15, -0.1) is 0 Å². The number of piperazine rings is 1. The number of carbonyl (C=O) groups is 1. The molecule has 0 saturated carbocycles. The molecule has 1 heterocycles. The van der Waals surface area contributed by atoms with Crippen LogP contribution in [0.2, 0.25) is 0 Å². The van der Waals surface area contributed by atoms with Crippen LogP contribution in [0.5, 0.6) is 0 Å². The molecule has 0 atom stereocenters. The molecule has 1 amide bonds. The van der Waals surface area contributed by atoms with Gasteiger partial charge in [-0.1, -0.05) is 18.2 Å². The van der Waals surface area contributed by atoms with Crippen LogP contribution in [0.1, 0.15) is 17.5 Å². The van der Waals surface area contributed by atoms with Crippen LogP contribution < -0.4 is 5.73 Å². The van der Waals surface area contributed by atoms with Crippen molar-refractivity contribution in [3.05, 3.63) is 35.4 Å². The lowest BCUT2D eigenvalue weighted by atomic mass is 10.1. The van der Waals surface area contributed by atoms with Crippen molar-refractivity contribution in [1.29, 1.82) is 0 Å². The van der Waals surface area contributed by atoms with Crippen molar-refractivity contribution >= 4 is 5.91 Å². The predicted octanol–water partition coefficient (Wildman–Crippen LogP) is 1.70. The number of amides is 1. The molecule has 0 aromatic heterocycles. The predicted molar refractivity (Wildman–Crippen MR) is 77.0 cm³/mol. The average Bonchev–Trinajstić information content (AvgIpc) is 2.46. The lowest BCUT2D eigenvalue weighted by Crippen LogP contribution is -2.46. The maximum absolute atomic E-state index is 12.7. The lowest BCUT2D eigenvalue weighted by Gasteiger charge is -2.34. The molecule has 1 aromatic rings. The summed E-state index contributed by atoms with van der Waals surface area (Å²) in [7, 11) is 0. The number of benzene rings is 1. The minimum Gasteiger partial charge on any atom is -0.370 e. The van der Waals surface area contributed by atoms with Gasteiger partial charge in [0.2, 0.25) is 5.91 Å². The van der Waals surface area contributed by atoms with E-state index in [1.54, 1.807) is 6.07 Å². The Bertz CT molecular complexity index is 511. The third-order valence-corrected chi connectivity index (χ3v) is 3.80. The number of rotatable bonds is 5. The molecule has 1 aromatic carbocycles. The summed E-state index contributed by atoms with van der Waals surface area (Å²) >= 11 is 0. The number of alkyl halides is 3. The van der Waals surface area contributed by atoms with E-state index in [2.05, 4.69) is 9.80 Å². The van der Waals surface area contributed by atoms with Crippen molar-refractivity contribution in [1.82, 2.24) is 9.80 Å². The highest BCUT2D eigenvalue weighted by molar-refractivity contribution is 5.73. The molecule has 2 N–H and O–H groups in total. The van der Waals surface area contributed by atoms with Gasteiger partial charge >= 0.3 is 6.18 Å². The summed E-state index contributed by atoms with van der Waals surface area (Å²) in [6.45, 7) is 4.29. The second-order valence-corrected chi connectivity index (χ2v) is 5.53. The highest BCUT2D eigenvalue weighted by Gasteiger charge is 2.30. The van der Waals surface area contributed by atoms with Gasteiger partial charge in [-0.3, -0.25) is 9.69 Å². The number of carbonyl (C=O) groups excluding carboxylic acids is 1. The highest BCUT2D eigenvalue weighted by atomic mass is 19.4. The summed E-state index contributed by atoms with van der Waals surface area (Å²) in [5.74, 6) is -0.314. The average molecular weight is 315 g/mol. The second-order valence-electron chi connectivity index (χ2n) is 5.53. The van der Waals surface area contributed by atoms with Crippen molar-refractivity contribution in [3.8, 4) is 0 Å². The summed E-state index contributed by atoms with van der Waals surface area (Å²) in [6, 6.07) is 5.46. The van der Waals surface area contributed by atoms with Gasteiger partial charge < -0.3 is 10.6 Å². The fraction of sp³-hybridized carbons (Fsp3) is 0.533. The zero-order chi connectivity index (χ0) is 16.2. The summed E-state index contributed by atoms with van der Waals surface area (Å²) in [5, 5.41) is 0. The number of nitrogens with zero attached hydrogens (tertiary/aromatic N) is 2. The Hall–Kier alpha value is -1.60. The van der Waals surface area contributed by atoms with Crippen molar-refractivity contribution < 1.29 is 18.0 Å². The van der Waals surface area contributed by atoms with E-state index < -0.39 is 11.7 Å². The van der Waals surface area contributed by atoms with Crippen molar-refractivity contribution in [2.24, 2.45) is 5.73 Å². The van der Waals surface area contributed by atoms with Crippen LogP contribution in [0.3, 0.4) is 0 Å². The number of halogens is 3. The molecule has 1 fully saturated rings. The van der Waals surface area contributed by atoms with E-state index in [0.717, 1.165) is 32.2 Å². The topological polar surface area (TPSA) is 49.6 Å². The van der Waals surface area contributed by atoms with E-state index in [1.807, 2.05) is 0 Å². The van der Waals surface area contributed by atoms with Crippen LogP contribution >= 0.6 is 0 Å². The second kappa shape index (κ2) is 7.11. The Morgan fingerprint density at radius 3 is 2.36 bits per heavy atom. The summed E-state index contributed by atoms with van der Waals surface area (Å²) in [5.41, 5.74) is 5.18. The first kappa shape index (κ1) is 16.8. The van der Waals surface area contributed by atoms with E-state index >= 15 is 0 Å².